The van der Waals surface area contributed by atoms with E-state index in [0.29, 0.717) is 5.56 Å². The molecule has 0 spiro atoms. The van der Waals surface area contributed by atoms with Gasteiger partial charge in [0.15, 0.2) is 0 Å². The van der Waals surface area contributed by atoms with Gasteiger partial charge in [-0.25, -0.2) is 17.6 Å². The third-order valence-electron chi connectivity index (χ3n) is 4.54. The van der Waals surface area contributed by atoms with E-state index in [2.05, 4.69) is 5.32 Å². The number of nitriles is 1. The van der Waals surface area contributed by atoms with Crippen LogP contribution in [0.3, 0.4) is 0 Å². The highest BCUT2D eigenvalue weighted by atomic mass is 32.2. The number of hydrogen-bond acceptors (Lipinski definition) is 4. The Morgan fingerprint density at radius 1 is 1.07 bits per heavy atom. The van der Waals surface area contributed by atoms with Crippen LogP contribution >= 0.6 is 0 Å². The fourth-order valence-electron chi connectivity index (χ4n) is 2.98. The van der Waals surface area contributed by atoms with E-state index < -0.39 is 15.8 Å². The SMILES string of the molecule is N#Cc1ccccc1S(=O)(=O)N1CCN(C(=O)NCc2ccccc2F)CC1. The zero-order valence-electron chi connectivity index (χ0n) is 15.0. The second-order valence-corrected chi connectivity index (χ2v) is 8.16. The number of carbonyl (C=O) groups is 1. The number of benzene rings is 2. The van der Waals surface area contributed by atoms with Crippen molar-refractivity contribution in [3.63, 3.8) is 0 Å². The Morgan fingerprint density at radius 3 is 2.39 bits per heavy atom. The Bertz CT molecular complexity index is 1010. The quantitative estimate of drug-likeness (QED) is 0.845. The monoisotopic (exact) mass is 402 g/mol. The molecule has 1 aliphatic heterocycles. The smallest absolute Gasteiger partial charge is 0.317 e. The van der Waals surface area contributed by atoms with Crippen molar-refractivity contribution in [2.75, 3.05) is 26.2 Å². The summed E-state index contributed by atoms with van der Waals surface area (Å²) in [5, 5.41) is 11.8. The number of sulfonamides is 1. The zero-order chi connectivity index (χ0) is 20.1. The molecule has 0 aliphatic carbocycles. The molecule has 0 bridgehead atoms. The first-order chi connectivity index (χ1) is 13.4. The number of halogens is 1. The molecule has 7 nitrogen and oxygen atoms in total. The van der Waals surface area contributed by atoms with Gasteiger partial charge in [-0.3, -0.25) is 0 Å². The van der Waals surface area contributed by atoms with Crippen molar-refractivity contribution in [1.29, 1.82) is 5.26 Å². The highest BCUT2D eigenvalue weighted by Crippen LogP contribution is 2.21. The van der Waals surface area contributed by atoms with E-state index in [-0.39, 0.29) is 49.2 Å². The Labute approximate surface area is 163 Å². The third kappa shape index (κ3) is 4.13. The highest BCUT2D eigenvalue weighted by molar-refractivity contribution is 7.89. The Balaban J connectivity index is 1.60. The van der Waals surface area contributed by atoms with Gasteiger partial charge in [0, 0.05) is 38.3 Å². The first-order valence-electron chi connectivity index (χ1n) is 8.69. The maximum atomic E-state index is 13.6. The van der Waals surface area contributed by atoms with Gasteiger partial charge in [-0.1, -0.05) is 30.3 Å². The van der Waals surface area contributed by atoms with E-state index in [1.54, 1.807) is 30.3 Å². The molecule has 2 amide bonds. The molecule has 28 heavy (non-hydrogen) atoms. The topological polar surface area (TPSA) is 93.5 Å². The Kier molecular flexibility index (Phi) is 5.92. The largest absolute Gasteiger partial charge is 0.334 e. The van der Waals surface area contributed by atoms with Gasteiger partial charge in [0.2, 0.25) is 10.0 Å². The predicted molar refractivity (Wildman–Crippen MR) is 100 cm³/mol. The predicted octanol–water partition coefficient (Wildman–Crippen LogP) is 1.91. The first kappa shape index (κ1) is 19.8. The van der Waals surface area contributed by atoms with Crippen LogP contribution in [0.1, 0.15) is 11.1 Å². The molecule has 146 valence electrons. The van der Waals surface area contributed by atoms with Crippen LogP contribution in [0.15, 0.2) is 53.4 Å². The number of amides is 2. The molecule has 1 fully saturated rings. The van der Waals surface area contributed by atoms with Crippen LogP contribution in [-0.4, -0.2) is 49.8 Å². The van der Waals surface area contributed by atoms with Crippen LogP contribution in [0.5, 0.6) is 0 Å². The molecule has 2 aromatic rings. The number of nitrogens with zero attached hydrogens (tertiary/aromatic N) is 3. The van der Waals surface area contributed by atoms with Gasteiger partial charge in [-0.15, -0.1) is 0 Å². The van der Waals surface area contributed by atoms with Crippen LogP contribution in [0.25, 0.3) is 0 Å². The molecule has 0 radical (unpaired) electrons. The van der Waals surface area contributed by atoms with E-state index in [4.69, 9.17) is 5.26 Å². The minimum Gasteiger partial charge on any atom is -0.334 e. The Morgan fingerprint density at radius 2 is 1.71 bits per heavy atom. The lowest BCUT2D eigenvalue weighted by Crippen LogP contribution is -2.53. The van der Waals surface area contributed by atoms with Crippen molar-refractivity contribution >= 4 is 16.1 Å². The molecule has 1 heterocycles. The number of rotatable bonds is 4. The average molecular weight is 402 g/mol. The van der Waals surface area contributed by atoms with E-state index in [1.165, 1.54) is 27.4 Å². The molecule has 2 aromatic carbocycles. The molecule has 9 heteroatoms. The van der Waals surface area contributed by atoms with E-state index in [9.17, 15) is 17.6 Å². The summed E-state index contributed by atoms with van der Waals surface area (Å²) in [4.78, 5) is 13.7. The summed E-state index contributed by atoms with van der Waals surface area (Å²) < 4.78 is 40.5. The summed E-state index contributed by atoms with van der Waals surface area (Å²) in [6.45, 7) is 0.706. The summed E-state index contributed by atoms with van der Waals surface area (Å²) in [6, 6.07) is 13.7. The molecule has 0 atom stereocenters. The number of carbonyl (C=O) groups excluding carboxylic acids is 1. The lowest BCUT2D eigenvalue weighted by Gasteiger charge is -2.34. The van der Waals surface area contributed by atoms with Crippen LogP contribution in [0.2, 0.25) is 0 Å². The lowest BCUT2D eigenvalue weighted by molar-refractivity contribution is 0.172. The van der Waals surface area contributed by atoms with Gasteiger partial charge in [0.1, 0.15) is 11.9 Å². The summed E-state index contributed by atoms with van der Waals surface area (Å²) in [5.74, 6) is -0.394. The molecule has 0 aromatic heterocycles. The van der Waals surface area contributed by atoms with Gasteiger partial charge in [0.05, 0.1) is 10.5 Å². The Hall–Kier alpha value is -2.96. The average Bonchev–Trinajstić information content (AvgIpc) is 2.73. The lowest BCUT2D eigenvalue weighted by atomic mass is 10.2. The second kappa shape index (κ2) is 8.37. The summed E-state index contributed by atoms with van der Waals surface area (Å²) in [7, 11) is -3.81. The normalized spacial score (nSPS) is 15.1. The fraction of sp³-hybridized carbons (Fsp3) is 0.263. The zero-order valence-corrected chi connectivity index (χ0v) is 15.8. The summed E-state index contributed by atoms with van der Waals surface area (Å²) in [5.41, 5.74) is 0.470. The van der Waals surface area contributed by atoms with Crippen LogP contribution in [-0.2, 0) is 16.6 Å². The van der Waals surface area contributed by atoms with Crippen molar-refractivity contribution in [3.8, 4) is 6.07 Å². The van der Waals surface area contributed by atoms with Gasteiger partial charge < -0.3 is 10.2 Å². The van der Waals surface area contributed by atoms with Crippen molar-refractivity contribution in [3.05, 3.63) is 65.5 Å². The van der Waals surface area contributed by atoms with E-state index >= 15 is 0 Å². The molecule has 1 saturated heterocycles. The standard InChI is InChI=1S/C19H19FN4O3S/c20-17-7-3-1-6-16(17)14-22-19(25)23-9-11-24(12-10-23)28(26,27)18-8-4-2-5-15(18)13-21/h1-8H,9-12,14H2,(H,22,25). The van der Waals surface area contributed by atoms with Crippen molar-refractivity contribution in [1.82, 2.24) is 14.5 Å². The molecule has 1 aliphatic rings. The maximum Gasteiger partial charge on any atom is 0.317 e. The van der Waals surface area contributed by atoms with Gasteiger partial charge in [-0.05, 0) is 18.2 Å². The molecule has 0 saturated carbocycles. The molecule has 1 N–H and O–H groups in total. The number of urea groups is 1. The minimum atomic E-state index is -3.81. The molecule has 3 rings (SSSR count). The molecular weight excluding hydrogens is 383 g/mol. The summed E-state index contributed by atoms with van der Waals surface area (Å²) in [6.07, 6.45) is 0. The minimum absolute atomic E-state index is 0.0324. The van der Waals surface area contributed by atoms with Crippen LogP contribution in [0, 0.1) is 17.1 Å². The molecular formula is C19H19FN4O3S. The summed E-state index contributed by atoms with van der Waals surface area (Å²) >= 11 is 0. The van der Waals surface area contributed by atoms with Crippen molar-refractivity contribution in [2.45, 2.75) is 11.4 Å². The second-order valence-electron chi connectivity index (χ2n) is 6.25. The van der Waals surface area contributed by atoms with Crippen LogP contribution in [0.4, 0.5) is 9.18 Å². The fourth-order valence-corrected chi connectivity index (χ4v) is 4.54. The van der Waals surface area contributed by atoms with Crippen molar-refractivity contribution in [2.24, 2.45) is 0 Å². The third-order valence-corrected chi connectivity index (χ3v) is 6.50. The van der Waals surface area contributed by atoms with Crippen LogP contribution < -0.4 is 5.32 Å². The van der Waals surface area contributed by atoms with E-state index in [0.717, 1.165) is 0 Å². The van der Waals surface area contributed by atoms with E-state index in [1.807, 2.05) is 6.07 Å². The maximum absolute atomic E-state index is 13.6. The van der Waals surface area contributed by atoms with Gasteiger partial charge >= 0.3 is 6.03 Å². The number of hydrogen-bond donors (Lipinski definition) is 1. The van der Waals surface area contributed by atoms with Gasteiger partial charge in [-0.2, -0.15) is 9.57 Å². The number of nitrogens with one attached hydrogen (secondary N) is 1. The van der Waals surface area contributed by atoms with Crippen molar-refractivity contribution < 1.29 is 17.6 Å². The first-order valence-corrected chi connectivity index (χ1v) is 10.1. The number of piperazine rings is 1. The highest BCUT2D eigenvalue weighted by Gasteiger charge is 2.31. The molecule has 0 unspecified atom stereocenters. The van der Waals surface area contributed by atoms with Gasteiger partial charge in [0.25, 0.3) is 0 Å².